The number of carbonyl (C=O) groups is 1. The second kappa shape index (κ2) is 7.57. The Morgan fingerprint density at radius 2 is 2.19 bits per heavy atom. The van der Waals surface area contributed by atoms with Crippen LogP contribution in [0.1, 0.15) is 17.8 Å². The first-order valence-electron chi connectivity index (χ1n) is 8.92. The lowest BCUT2D eigenvalue weighted by Crippen LogP contribution is -2.32. The van der Waals surface area contributed by atoms with Crippen molar-refractivity contribution in [1.82, 2.24) is 20.0 Å². The molecule has 0 radical (unpaired) electrons. The van der Waals surface area contributed by atoms with Crippen molar-refractivity contribution < 1.29 is 14.1 Å². The lowest BCUT2D eigenvalue weighted by atomic mass is 10.2. The van der Waals surface area contributed by atoms with Gasteiger partial charge in [0.05, 0.1) is 18.5 Å². The van der Waals surface area contributed by atoms with E-state index in [-0.39, 0.29) is 12.0 Å². The smallest absolute Gasteiger partial charge is 0.261 e. The van der Waals surface area contributed by atoms with E-state index in [1.54, 1.807) is 19.3 Å². The molecular formula is C20H20N4O3. The number of pyridine rings is 1. The maximum Gasteiger partial charge on any atom is 0.261 e. The number of nitrogens with zero attached hydrogens (tertiary/aromatic N) is 4. The minimum atomic E-state index is -0.0620. The van der Waals surface area contributed by atoms with Crippen molar-refractivity contribution in [3.8, 4) is 17.2 Å². The van der Waals surface area contributed by atoms with Gasteiger partial charge in [-0.2, -0.15) is 4.98 Å². The highest BCUT2D eigenvalue weighted by molar-refractivity contribution is 5.79. The number of aryl methyl sites for hydroxylation is 1. The van der Waals surface area contributed by atoms with Crippen molar-refractivity contribution >= 4 is 5.91 Å². The number of ether oxygens (including phenoxy) is 1. The van der Waals surface area contributed by atoms with Gasteiger partial charge in [-0.15, -0.1) is 0 Å². The number of aromatic nitrogens is 3. The van der Waals surface area contributed by atoms with Gasteiger partial charge in [-0.05, 0) is 30.7 Å². The van der Waals surface area contributed by atoms with Crippen molar-refractivity contribution in [2.75, 3.05) is 13.1 Å². The van der Waals surface area contributed by atoms with Crippen LogP contribution in [0.15, 0.2) is 53.3 Å². The normalized spacial score (nSPS) is 16.5. The molecule has 1 unspecified atom stereocenters. The van der Waals surface area contributed by atoms with Crippen molar-refractivity contribution in [2.24, 2.45) is 0 Å². The fraction of sp³-hybridized carbons (Fsp3) is 0.300. The highest BCUT2D eigenvalue weighted by Gasteiger charge is 2.28. The van der Waals surface area contributed by atoms with Crippen LogP contribution in [0.2, 0.25) is 0 Å². The number of carbonyl (C=O) groups excluding carboxylic acids is 1. The van der Waals surface area contributed by atoms with Gasteiger partial charge in [0.2, 0.25) is 5.91 Å². The molecule has 3 aromatic rings. The SMILES string of the molecule is Cc1noc(-c2ccccc2OC2CCN(C(=O)Cc3cccnc3)C2)n1. The summed E-state index contributed by atoms with van der Waals surface area (Å²) in [5.41, 5.74) is 1.68. The van der Waals surface area contributed by atoms with Crippen LogP contribution in [0.3, 0.4) is 0 Å². The summed E-state index contributed by atoms with van der Waals surface area (Å²) in [7, 11) is 0. The van der Waals surface area contributed by atoms with E-state index in [0.29, 0.717) is 37.0 Å². The van der Waals surface area contributed by atoms with Gasteiger partial charge in [-0.25, -0.2) is 0 Å². The molecule has 7 heteroatoms. The number of amides is 1. The summed E-state index contributed by atoms with van der Waals surface area (Å²) < 4.78 is 11.4. The fourth-order valence-electron chi connectivity index (χ4n) is 3.17. The minimum Gasteiger partial charge on any atom is -0.488 e. The zero-order chi connectivity index (χ0) is 18.6. The first kappa shape index (κ1) is 17.2. The van der Waals surface area contributed by atoms with E-state index in [1.165, 1.54) is 0 Å². The van der Waals surface area contributed by atoms with Crippen LogP contribution in [0.4, 0.5) is 0 Å². The molecule has 1 amide bonds. The number of para-hydroxylation sites is 1. The van der Waals surface area contributed by atoms with Crippen molar-refractivity contribution in [2.45, 2.75) is 25.9 Å². The predicted octanol–water partition coefficient (Wildman–Crippen LogP) is 2.66. The number of likely N-dealkylation sites (tertiary alicyclic amines) is 1. The van der Waals surface area contributed by atoms with Crippen molar-refractivity contribution in [1.29, 1.82) is 0 Å². The molecule has 7 nitrogen and oxygen atoms in total. The van der Waals surface area contributed by atoms with Gasteiger partial charge in [-0.1, -0.05) is 23.4 Å². The third kappa shape index (κ3) is 3.97. The number of hydrogen-bond donors (Lipinski definition) is 0. The maximum absolute atomic E-state index is 12.5. The monoisotopic (exact) mass is 364 g/mol. The zero-order valence-corrected chi connectivity index (χ0v) is 15.0. The maximum atomic E-state index is 12.5. The predicted molar refractivity (Wildman–Crippen MR) is 98.0 cm³/mol. The minimum absolute atomic E-state index is 0.0620. The van der Waals surface area contributed by atoms with Gasteiger partial charge in [0.1, 0.15) is 11.9 Å². The van der Waals surface area contributed by atoms with Crippen LogP contribution >= 0.6 is 0 Å². The molecule has 0 bridgehead atoms. The highest BCUT2D eigenvalue weighted by Crippen LogP contribution is 2.30. The Balaban J connectivity index is 1.41. The molecule has 0 spiro atoms. The van der Waals surface area contributed by atoms with E-state index in [1.807, 2.05) is 41.3 Å². The van der Waals surface area contributed by atoms with Crippen LogP contribution in [0.25, 0.3) is 11.5 Å². The van der Waals surface area contributed by atoms with Crippen LogP contribution in [-0.2, 0) is 11.2 Å². The van der Waals surface area contributed by atoms with Crippen LogP contribution < -0.4 is 4.74 Å². The van der Waals surface area contributed by atoms with E-state index >= 15 is 0 Å². The number of benzene rings is 1. The Morgan fingerprint density at radius 3 is 2.96 bits per heavy atom. The third-order valence-electron chi connectivity index (χ3n) is 4.51. The van der Waals surface area contributed by atoms with Crippen LogP contribution in [0, 0.1) is 6.92 Å². The summed E-state index contributed by atoms with van der Waals surface area (Å²) in [6.45, 7) is 3.03. The van der Waals surface area contributed by atoms with E-state index in [4.69, 9.17) is 9.26 Å². The molecule has 1 atom stereocenters. The zero-order valence-electron chi connectivity index (χ0n) is 15.0. The summed E-state index contributed by atoms with van der Waals surface area (Å²) in [5, 5.41) is 3.84. The Bertz CT molecular complexity index is 926. The molecule has 1 aromatic carbocycles. The topological polar surface area (TPSA) is 81.4 Å². The molecule has 1 fully saturated rings. The standard InChI is InChI=1S/C20H20N4O3/c1-14-22-20(27-23-14)17-6-2-3-7-18(17)26-16-8-10-24(13-16)19(25)11-15-5-4-9-21-12-15/h2-7,9,12,16H,8,10-11,13H2,1H3. The van der Waals surface area contributed by atoms with E-state index in [2.05, 4.69) is 15.1 Å². The second-order valence-electron chi connectivity index (χ2n) is 6.55. The van der Waals surface area contributed by atoms with Crippen LogP contribution in [-0.4, -0.2) is 45.1 Å². The molecule has 3 heterocycles. The molecule has 138 valence electrons. The van der Waals surface area contributed by atoms with E-state index in [9.17, 15) is 4.79 Å². The average Bonchev–Trinajstić information content (AvgIpc) is 3.32. The highest BCUT2D eigenvalue weighted by atomic mass is 16.5. The lowest BCUT2D eigenvalue weighted by Gasteiger charge is -2.18. The molecule has 27 heavy (non-hydrogen) atoms. The molecule has 4 rings (SSSR count). The molecule has 0 saturated carbocycles. The lowest BCUT2D eigenvalue weighted by molar-refractivity contribution is -0.129. The summed E-state index contributed by atoms with van der Waals surface area (Å²) in [5.74, 6) is 1.79. The molecule has 1 aliphatic rings. The Kier molecular flexibility index (Phi) is 4.82. The average molecular weight is 364 g/mol. The van der Waals surface area contributed by atoms with Crippen LogP contribution in [0.5, 0.6) is 5.75 Å². The molecule has 1 aliphatic heterocycles. The fourth-order valence-corrected chi connectivity index (χ4v) is 3.17. The second-order valence-corrected chi connectivity index (χ2v) is 6.55. The largest absolute Gasteiger partial charge is 0.488 e. The van der Waals surface area contributed by atoms with Gasteiger partial charge >= 0.3 is 0 Å². The summed E-state index contributed by atoms with van der Waals surface area (Å²) in [4.78, 5) is 22.7. The number of rotatable bonds is 5. The van der Waals surface area contributed by atoms with Gasteiger partial charge in [-0.3, -0.25) is 9.78 Å². The summed E-state index contributed by atoms with van der Waals surface area (Å²) in [6, 6.07) is 11.3. The molecule has 2 aromatic heterocycles. The third-order valence-corrected chi connectivity index (χ3v) is 4.51. The van der Waals surface area contributed by atoms with E-state index < -0.39 is 0 Å². The summed E-state index contributed by atoms with van der Waals surface area (Å²) >= 11 is 0. The van der Waals surface area contributed by atoms with Gasteiger partial charge in [0, 0.05) is 25.4 Å². The first-order valence-corrected chi connectivity index (χ1v) is 8.92. The first-order chi connectivity index (χ1) is 13.2. The molecular weight excluding hydrogens is 344 g/mol. The molecule has 0 N–H and O–H groups in total. The van der Waals surface area contributed by atoms with E-state index in [0.717, 1.165) is 17.5 Å². The van der Waals surface area contributed by atoms with Crippen molar-refractivity contribution in [3.05, 3.63) is 60.2 Å². The van der Waals surface area contributed by atoms with Crippen molar-refractivity contribution in [3.63, 3.8) is 0 Å². The summed E-state index contributed by atoms with van der Waals surface area (Å²) in [6.07, 6.45) is 4.52. The Morgan fingerprint density at radius 1 is 1.30 bits per heavy atom. The molecule has 0 aliphatic carbocycles. The molecule has 1 saturated heterocycles. The van der Waals surface area contributed by atoms with Gasteiger partial charge in [0.25, 0.3) is 5.89 Å². The van der Waals surface area contributed by atoms with Gasteiger partial charge in [0.15, 0.2) is 5.82 Å². The Hall–Kier alpha value is -3.22. The quantitative estimate of drug-likeness (QED) is 0.692. The van der Waals surface area contributed by atoms with Gasteiger partial charge < -0.3 is 14.2 Å². The Labute approximate surface area is 157 Å². The number of hydrogen-bond acceptors (Lipinski definition) is 6.